The molecule has 2 unspecified atom stereocenters. The lowest BCUT2D eigenvalue weighted by Gasteiger charge is -2.28. The fraction of sp³-hybridized carbons (Fsp3) is 0.500. The predicted molar refractivity (Wildman–Crippen MR) is 68.6 cm³/mol. The highest BCUT2D eigenvalue weighted by atomic mass is 19.1. The lowest BCUT2D eigenvalue weighted by atomic mass is 9.86. The van der Waals surface area contributed by atoms with Crippen LogP contribution in [-0.2, 0) is 11.2 Å². The van der Waals surface area contributed by atoms with E-state index < -0.39 is 0 Å². The number of hydrogen-bond donors (Lipinski definition) is 2. The molecule has 3 N–H and O–H groups in total. The van der Waals surface area contributed by atoms with Crippen LogP contribution >= 0.6 is 0 Å². The van der Waals surface area contributed by atoms with E-state index in [0.717, 1.165) is 36.9 Å². The molecule has 2 atom stereocenters. The number of amides is 1. The summed E-state index contributed by atoms with van der Waals surface area (Å²) in [4.78, 5) is 11.2. The molecule has 0 aliphatic carbocycles. The van der Waals surface area contributed by atoms with Crippen LogP contribution in [0, 0.1) is 18.7 Å². The lowest BCUT2D eigenvalue weighted by molar-refractivity contribution is -0.120. The van der Waals surface area contributed by atoms with Crippen molar-refractivity contribution in [1.82, 2.24) is 5.32 Å². The molecule has 3 nitrogen and oxygen atoms in total. The van der Waals surface area contributed by atoms with Crippen molar-refractivity contribution in [3.05, 3.63) is 35.1 Å². The molecule has 0 bridgehead atoms. The number of primary amides is 1. The van der Waals surface area contributed by atoms with Crippen LogP contribution in [-0.4, -0.2) is 18.5 Å². The highest BCUT2D eigenvalue weighted by Crippen LogP contribution is 2.23. The van der Waals surface area contributed by atoms with Gasteiger partial charge in [0.2, 0.25) is 5.91 Å². The molecule has 98 valence electrons. The van der Waals surface area contributed by atoms with Crippen LogP contribution in [0.15, 0.2) is 18.2 Å². The van der Waals surface area contributed by atoms with Crippen molar-refractivity contribution in [2.75, 3.05) is 6.54 Å². The number of halogens is 1. The van der Waals surface area contributed by atoms with Gasteiger partial charge in [0.05, 0.1) is 6.04 Å². The Morgan fingerprint density at radius 2 is 2.33 bits per heavy atom. The van der Waals surface area contributed by atoms with Crippen molar-refractivity contribution in [2.24, 2.45) is 11.7 Å². The van der Waals surface area contributed by atoms with Crippen LogP contribution in [0.1, 0.15) is 24.0 Å². The first-order chi connectivity index (χ1) is 8.56. The highest BCUT2D eigenvalue weighted by Gasteiger charge is 2.25. The third-order valence-corrected chi connectivity index (χ3v) is 3.68. The Morgan fingerprint density at radius 3 is 3.06 bits per heavy atom. The summed E-state index contributed by atoms with van der Waals surface area (Å²) in [6.45, 7) is 2.79. The zero-order chi connectivity index (χ0) is 13.1. The van der Waals surface area contributed by atoms with Gasteiger partial charge >= 0.3 is 0 Å². The van der Waals surface area contributed by atoms with Gasteiger partial charge in [0.15, 0.2) is 0 Å². The molecule has 0 radical (unpaired) electrons. The normalized spacial score (nSPS) is 23.9. The van der Waals surface area contributed by atoms with E-state index in [1.54, 1.807) is 12.1 Å². The van der Waals surface area contributed by atoms with E-state index in [1.165, 1.54) is 6.07 Å². The summed E-state index contributed by atoms with van der Waals surface area (Å²) in [6.07, 6.45) is 2.56. The molecule has 1 aromatic carbocycles. The van der Waals surface area contributed by atoms with Gasteiger partial charge in [-0.15, -0.1) is 0 Å². The minimum absolute atomic E-state index is 0.198. The van der Waals surface area contributed by atoms with Gasteiger partial charge in [0.1, 0.15) is 5.82 Å². The van der Waals surface area contributed by atoms with Crippen molar-refractivity contribution in [3.8, 4) is 0 Å². The van der Waals surface area contributed by atoms with Gasteiger partial charge in [-0.1, -0.05) is 6.07 Å². The van der Waals surface area contributed by atoms with Crippen molar-refractivity contribution in [3.63, 3.8) is 0 Å². The maximum atomic E-state index is 13.2. The molecule has 1 heterocycles. The number of aryl methyl sites for hydroxylation is 1. The summed E-state index contributed by atoms with van der Waals surface area (Å²) in [7, 11) is 0. The molecule has 1 saturated heterocycles. The fourth-order valence-electron chi connectivity index (χ4n) is 2.57. The number of nitrogens with one attached hydrogen (secondary N) is 1. The first-order valence-corrected chi connectivity index (χ1v) is 6.34. The molecular formula is C14H19FN2O. The first-order valence-electron chi connectivity index (χ1n) is 6.34. The quantitative estimate of drug-likeness (QED) is 0.854. The Bertz CT molecular complexity index is 447. The number of nitrogens with two attached hydrogens (primary N) is 1. The molecule has 1 aromatic rings. The van der Waals surface area contributed by atoms with Gasteiger partial charge in [-0.2, -0.15) is 0 Å². The summed E-state index contributed by atoms with van der Waals surface area (Å²) in [5.74, 6) is -0.101. The van der Waals surface area contributed by atoms with Crippen LogP contribution in [0.2, 0.25) is 0 Å². The number of hydrogen-bond acceptors (Lipinski definition) is 2. The van der Waals surface area contributed by atoms with Gasteiger partial charge < -0.3 is 11.1 Å². The Labute approximate surface area is 107 Å². The van der Waals surface area contributed by atoms with Gasteiger partial charge in [0.25, 0.3) is 0 Å². The van der Waals surface area contributed by atoms with Crippen LogP contribution in [0.4, 0.5) is 4.39 Å². The SMILES string of the molecule is Cc1ccc(F)cc1CC1CCNC(C(N)=O)C1. The molecule has 0 saturated carbocycles. The van der Waals surface area contributed by atoms with E-state index in [2.05, 4.69) is 5.32 Å². The minimum atomic E-state index is -0.296. The zero-order valence-electron chi connectivity index (χ0n) is 10.6. The molecule has 0 spiro atoms. The molecule has 1 aliphatic heterocycles. The summed E-state index contributed by atoms with van der Waals surface area (Å²) in [6, 6.07) is 4.64. The maximum Gasteiger partial charge on any atom is 0.234 e. The fourth-order valence-corrected chi connectivity index (χ4v) is 2.57. The number of carbonyl (C=O) groups is 1. The molecule has 0 aromatic heterocycles. The van der Waals surface area contributed by atoms with Crippen LogP contribution in [0.5, 0.6) is 0 Å². The predicted octanol–water partition coefficient (Wildman–Crippen LogP) is 1.53. The second kappa shape index (κ2) is 5.48. The number of rotatable bonds is 3. The highest BCUT2D eigenvalue weighted by molar-refractivity contribution is 5.79. The third-order valence-electron chi connectivity index (χ3n) is 3.68. The average molecular weight is 250 g/mol. The smallest absolute Gasteiger partial charge is 0.234 e. The molecule has 1 fully saturated rings. The van der Waals surface area contributed by atoms with E-state index in [9.17, 15) is 9.18 Å². The Morgan fingerprint density at radius 1 is 1.56 bits per heavy atom. The van der Waals surface area contributed by atoms with Gasteiger partial charge in [-0.05, 0) is 61.9 Å². The van der Waals surface area contributed by atoms with Crippen molar-refractivity contribution in [1.29, 1.82) is 0 Å². The molecule has 1 amide bonds. The standard InChI is InChI=1S/C14H19FN2O/c1-9-2-3-12(15)8-11(9)6-10-4-5-17-13(7-10)14(16)18/h2-3,8,10,13,17H,4-7H2,1H3,(H2,16,18). The largest absolute Gasteiger partial charge is 0.368 e. The second-order valence-corrected chi connectivity index (χ2v) is 5.07. The number of carbonyl (C=O) groups excluding carboxylic acids is 1. The van der Waals surface area contributed by atoms with E-state index in [1.807, 2.05) is 6.92 Å². The van der Waals surface area contributed by atoms with Crippen LogP contribution in [0.25, 0.3) is 0 Å². The van der Waals surface area contributed by atoms with Crippen molar-refractivity contribution in [2.45, 2.75) is 32.2 Å². The molecule has 2 rings (SSSR count). The minimum Gasteiger partial charge on any atom is -0.368 e. The average Bonchev–Trinajstić information content (AvgIpc) is 2.34. The summed E-state index contributed by atoms with van der Waals surface area (Å²) < 4.78 is 13.2. The summed E-state index contributed by atoms with van der Waals surface area (Å²) >= 11 is 0. The number of benzene rings is 1. The zero-order valence-corrected chi connectivity index (χ0v) is 10.6. The molecule has 1 aliphatic rings. The topological polar surface area (TPSA) is 55.1 Å². The second-order valence-electron chi connectivity index (χ2n) is 5.07. The molecular weight excluding hydrogens is 231 g/mol. The van der Waals surface area contributed by atoms with Gasteiger partial charge in [-0.3, -0.25) is 4.79 Å². The molecule has 4 heteroatoms. The third kappa shape index (κ3) is 3.07. The van der Waals surface area contributed by atoms with Gasteiger partial charge in [-0.25, -0.2) is 4.39 Å². The Hall–Kier alpha value is -1.42. The van der Waals surface area contributed by atoms with Crippen molar-refractivity contribution < 1.29 is 9.18 Å². The maximum absolute atomic E-state index is 13.2. The lowest BCUT2D eigenvalue weighted by Crippen LogP contribution is -2.47. The number of piperidine rings is 1. The van der Waals surface area contributed by atoms with E-state index in [-0.39, 0.29) is 17.8 Å². The van der Waals surface area contributed by atoms with Crippen molar-refractivity contribution >= 4 is 5.91 Å². The summed E-state index contributed by atoms with van der Waals surface area (Å²) in [5.41, 5.74) is 7.45. The monoisotopic (exact) mass is 250 g/mol. The molecule has 18 heavy (non-hydrogen) atoms. The van der Waals surface area contributed by atoms with E-state index in [0.29, 0.717) is 5.92 Å². The summed E-state index contributed by atoms with van der Waals surface area (Å²) in [5, 5.41) is 3.11. The van der Waals surface area contributed by atoms with E-state index in [4.69, 9.17) is 5.73 Å². The Kier molecular flexibility index (Phi) is 3.97. The van der Waals surface area contributed by atoms with Gasteiger partial charge in [0, 0.05) is 0 Å². The Balaban J connectivity index is 2.04. The first kappa shape index (κ1) is 13.0. The van der Waals surface area contributed by atoms with E-state index >= 15 is 0 Å². The van der Waals surface area contributed by atoms with Crippen LogP contribution < -0.4 is 11.1 Å². The van der Waals surface area contributed by atoms with Crippen LogP contribution in [0.3, 0.4) is 0 Å².